The van der Waals surface area contributed by atoms with E-state index >= 15 is 0 Å². The quantitative estimate of drug-likeness (QED) is 0.763. The Morgan fingerprint density at radius 1 is 1.24 bits per heavy atom. The molecule has 5 nitrogen and oxygen atoms in total. The van der Waals surface area contributed by atoms with Gasteiger partial charge in [-0.2, -0.15) is 0 Å². The van der Waals surface area contributed by atoms with E-state index in [1.165, 1.54) is 13.1 Å². The van der Waals surface area contributed by atoms with Gasteiger partial charge in [-0.25, -0.2) is 8.42 Å². The third-order valence-corrected chi connectivity index (χ3v) is 6.79. The Labute approximate surface area is 157 Å². The van der Waals surface area contributed by atoms with E-state index in [2.05, 4.69) is 19.2 Å². The van der Waals surface area contributed by atoms with Crippen LogP contribution in [-0.4, -0.2) is 27.9 Å². The monoisotopic (exact) mass is 400 g/mol. The first-order chi connectivity index (χ1) is 11.7. The Bertz CT molecular complexity index is 830. The van der Waals surface area contributed by atoms with Crippen molar-refractivity contribution in [3.8, 4) is 0 Å². The number of anilines is 1. The van der Waals surface area contributed by atoms with Gasteiger partial charge in [0, 0.05) is 18.6 Å². The smallest absolute Gasteiger partial charge is 0.265 e. The fourth-order valence-corrected chi connectivity index (χ4v) is 4.80. The second-order valence-corrected chi connectivity index (χ2v) is 9.29. The average molecular weight is 401 g/mol. The normalized spacial score (nSPS) is 11.6. The lowest BCUT2D eigenvalue weighted by Gasteiger charge is -2.19. The van der Waals surface area contributed by atoms with Gasteiger partial charge in [-0.1, -0.05) is 25.4 Å². The SMILES string of the molecule is CC(C)CCNC(=O)c1sccc1S(=O)(=O)N(C)c1ccc(Cl)cc1. The third-order valence-electron chi connectivity index (χ3n) is 3.67. The van der Waals surface area contributed by atoms with E-state index in [4.69, 9.17) is 11.6 Å². The lowest BCUT2D eigenvalue weighted by molar-refractivity contribution is 0.0953. The molecule has 0 unspecified atom stereocenters. The molecule has 0 aliphatic heterocycles. The Morgan fingerprint density at radius 3 is 2.48 bits per heavy atom. The van der Waals surface area contributed by atoms with E-state index in [0.29, 0.717) is 23.2 Å². The van der Waals surface area contributed by atoms with Crippen LogP contribution in [0.1, 0.15) is 29.9 Å². The van der Waals surface area contributed by atoms with Crippen LogP contribution in [0.15, 0.2) is 40.6 Å². The summed E-state index contributed by atoms with van der Waals surface area (Å²) in [6.45, 7) is 4.64. The maximum absolute atomic E-state index is 12.9. The number of benzene rings is 1. The van der Waals surface area contributed by atoms with Crippen molar-refractivity contribution in [3.05, 3.63) is 45.6 Å². The third kappa shape index (κ3) is 4.74. The standard InChI is InChI=1S/C17H21ClN2O3S2/c1-12(2)8-10-19-17(21)16-15(9-11-24-16)25(22,23)20(3)14-6-4-13(18)5-7-14/h4-7,9,11-12H,8,10H2,1-3H3,(H,19,21). The zero-order valence-corrected chi connectivity index (χ0v) is 16.7. The van der Waals surface area contributed by atoms with Crippen molar-refractivity contribution in [2.24, 2.45) is 5.92 Å². The molecular weight excluding hydrogens is 380 g/mol. The summed E-state index contributed by atoms with van der Waals surface area (Å²) < 4.78 is 27.0. The lowest BCUT2D eigenvalue weighted by atomic mass is 10.1. The minimum atomic E-state index is -3.84. The number of amides is 1. The second kappa shape index (κ2) is 8.21. The number of nitrogens with one attached hydrogen (secondary N) is 1. The van der Waals surface area contributed by atoms with Crippen LogP contribution in [0.2, 0.25) is 5.02 Å². The zero-order chi connectivity index (χ0) is 18.6. The van der Waals surface area contributed by atoms with Crippen LogP contribution in [0.5, 0.6) is 0 Å². The number of nitrogens with zero attached hydrogens (tertiary/aromatic N) is 1. The van der Waals surface area contributed by atoms with E-state index in [1.807, 2.05) is 0 Å². The number of carbonyl (C=O) groups excluding carboxylic acids is 1. The number of halogens is 1. The molecular formula is C17H21ClN2O3S2. The van der Waals surface area contributed by atoms with Crippen molar-refractivity contribution < 1.29 is 13.2 Å². The molecule has 0 aliphatic carbocycles. The summed E-state index contributed by atoms with van der Waals surface area (Å²) in [6, 6.07) is 7.94. The number of thiophene rings is 1. The molecule has 0 atom stereocenters. The molecule has 25 heavy (non-hydrogen) atoms. The number of hydrogen-bond acceptors (Lipinski definition) is 4. The summed E-state index contributed by atoms with van der Waals surface area (Å²) in [5.41, 5.74) is 0.474. The van der Waals surface area contributed by atoms with Gasteiger partial charge in [0.25, 0.3) is 15.9 Å². The molecule has 1 heterocycles. The van der Waals surface area contributed by atoms with Crippen molar-refractivity contribution in [2.45, 2.75) is 25.2 Å². The Kier molecular flexibility index (Phi) is 6.48. The van der Waals surface area contributed by atoms with Crippen molar-refractivity contribution >= 4 is 44.6 Å². The van der Waals surface area contributed by atoms with Crippen LogP contribution in [0.3, 0.4) is 0 Å². The Hall–Kier alpha value is -1.57. The summed E-state index contributed by atoms with van der Waals surface area (Å²) in [7, 11) is -2.38. The van der Waals surface area contributed by atoms with Crippen molar-refractivity contribution in [1.82, 2.24) is 5.32 Å². The molecule has 0 radical (unpaired) electrons. The molecule has 1 N–H and O–H groups in total. The second-order valence-electron chi connectivity index (χ2n) is 6.00. The molecule has 2 aromatic rings. The molecule has 136 valence electrons. The Balaban J connectivity index is 2.24. The number of sulfonamides is 1. The maximum atomic E-state index is 12.9. The van der Waals surface area contributed by atoms with Crippen LogP contribution in [-0.2, 0) is 10.0 Å². The largest absolute Gasteiger partial charge is 0.351 e. The highest BCUT2D eigenvalue weighted by atomic mass is 35.5. The van der Waals surface area contributed by atoms with Gasteiger partial charge >= 0.3 is 0 Å². The summed E-state index contributed by atoms with van der Waals surface area (Å²) in [5, 5.41) is 4.92. The molecule has 1 amide bonds. The predicted octanol–water partition coefficient (Wildman–Crippen LogP) is 4.00. The highest BCUT2D eigenvalue weighted by Gasteiger charge is 2.28. The first-order valence-corrected chi connectivity index (χ1v) is 10.5. The minimum Gasteiger partial charge on any atom is -0.351 e. The fourth-order valence-electron chi connectivity index (χ4n) is 2.16. The average Bonchev–Trinajstić information content (AvgIpc) is 3.05. The molecule has 1 aromatic carbocycles. The molecule has 0 aliphatic rings. The highest BCUT2D eigenvalue weighted by molar-refractivity contribution is 7.93. The number of rotatable bonds is 7. The molecule has 0 spiro atoms. The van der Waals surface area contributed by atoms with Crippen LogP contribution in [0, 0.1) is 5.92 Å². The van der Waals surface area contributed by atoms with E-state index in [9.17, 15) is 13.2 Å². The van der Waals surface area contributed by atoms with Gasteiger partial charge < -0.3 is 5.32 Å². The number of hydrogen-bond donors (Lipinski definition) is 1. The minimum absolute atomic E-state index is 0.0111. The first kappa shape index (κ1) is 19.8. The Morgan fingerprint density at radius 2 is 1.88 bits per heavy atom. The van der Waals surface area contributed by atoms with E-state index in [1.54, 1.807) is 29.6 Å². The number of carbonyl (C=O) groups is 1. The van der Waals surface area contributed by atoms with Gasteiger partial charge in [-0.3, -0.25) is 9.10 Å². The lowest BCUT2D eigenvalue weighted by Crippen LogP contribution is -2.30. The van der Waals surface area contributed by atoms with Crippen LogP contribution < -0.4 is 9.62 Å². The topological polar surface area (TPSA) is 66.5 Å². The van der Waals surface area contributed by atoms with Crippen LogP contribution in [0.25, 0.3) is 0 Å². The van der Waals surface area contributed by atoms with Crippen LogP contribution >= 0.6 is 22.9 Å². The van der Waals surface area contributed by atoms with Crippen molar-refractivity contribution in [1.29, 1.82) is 0 Å². The summed E-state index contributed by atoms with van der Waals surface area (Å²) in [6.07, 6.45) is 0.837. The van der Waals surface area contributed by atoms with Gasteiger partial charge in [0.05, 0.1) is 5.69 Å². The summed E-state index contributed by atoms with van der Waals surface area (Å²) >= 11 is 6.97. The maximum Gasteiger partial charge on any atom is 0.265 e. The van der Waals surface area contributed by atoms with Crippen LogP contribution in [0.4, 0.5) is 5.69 Å². The fraction of sp³-hybridized carbons (Fsp3) is 0.353. The molecule has 0 saturated heterocycles. The van der Waals surface area contributed by atoms with Gasteiger partial charge in [-0.15, -0.1) is 11.3 Å². The van der Waals surface area contributed by atoms with E-state index in [0.717, 1.165) is 22.1 Å². The molecule has 0 fully saturated rings. The van der Waals surface area contributed by atoms with Gasteiger partial charge in [-0.05, 0) is 48.1 Å². The first-order valence-electron chi connectivity index (χ1n) is 7.83. The van der Waals surface area contributed by atoms with Gasteiger partial charge in [0.1, 0.15) is 9.77 Å². The molecule has 1 aromatic heterocycles. The predicted molar refractivity (Wildman–Crippen MR) is 103 cm³/mol. The molecule has 0 saturated carbocycles. The summed E-state index contributed by atoms with van der Waals surface area (Å²) in [5.74, 6) is 0.0987. The molecule has 8 heteroatoms. The van der Waals surface area contributed by atoms with E-state index < -0.39 is 10.0 Å². The van der Waals surface area contributed by atoms with E-state index in [-0.39, 0.29) is 15.7 Å². The van der Waals surface area contributed by atoms with Gasteiger partial charge in [0.15, 0.2) is 0 Å². The van der Waals surface area contributed by atoms with Crippen molar-refractivity contribution in [2.75, 3.05) is 17.9 Å². The molecule has 0 bridgehead atoms. The molecule has 2 rings (SSSR count). The highest BCUT2D eigenvalue weighted by Crippen LogP contribution is 2.28. The summed E-state index contributed by atoms with van der Waals surface area (Å²) in [4.78, 5) is 12.6. The van der Waals surface area contributed by atoms with Gasteiger partial charge in [0.2, 0.25) is 0 Å². The zero-order valence-electron chi connectivity index (χ0n) is 14.3. The van der Waals surface area contributed by atoms with Crippen molar-refractivity contribution in [3.63, 3.8) is 0 Å².